The van der Waals surface area contributed by atoms with Crippen molar-refractivity contribution in [3.05, 3.63) is 42.2 Å². The maximum atomic E-state index is 8.74. The van der Waals surface area contributed by atoms with Crippen LogP contribution >= 0.6 is 0 Å². The number of fused-ring (bicyclic) bond motifs is 1. The summed E-state index contributed by atoms with van der Waals surface area (Å²) in [5.74, 6) is 0. The van der Waals surface area contributed by atoms with Crippen LogP contribution in [-0.4, -0.2) is 22.5 Å². The highest BCUT2D eigenvalue weighted by molar-refractivity contribution is 7.79. The third-order valence-corrected chi connectivity index (χ3v) is 1.87. The topological polar surface area (TPSA) is 87.5 Å². The van der Waals surface area contributed by atoms with E-state index >= 15 is 0 Å². The van der Waals surface area contributed by atoms with E-state index in [1.165, 1.54) is 10.8 Å². The van der Waals surface area contributed by atoms with Crippen LogP contribution in [0.1, 0.15) is 5.69 Å². The first-order valence-corrected chi connectivity index (χ1v) is 5.78. The quantitative estimate of drug-likeness (QED) is 0.688. The fraction of sp³-hybridized carbons (Fsp3) is 0.100. The van der Waals surface area contributed by atoms with Crippen molar-refractivity contribution >= 4 is 21.2 Å². The minimum atomic E-state index is -4.67. The molecule has 0 spiro atoms. The summed E-state index contributed by atoms with van der Waals surface area (Å²) in [4.78, 5) is 4.21. The van der Waals surface area contributed by atoms with Gasteiger partial charge in [0, 0.05) is 17.3 Å². The molecule has 0 unspecified atom stereocenters. The molecule has 0 aliphatic heterocycles. The van der Waals surface area contributed by atoms with Gasteiger partial charge in [0.15, 0.2) is 0 Å². The smallest absolute Gasteiger partial charge is 0.264 e. The molecule has 0 atom stereocenters. The highest BCUT2D eigenvalue weighted by Gasteiger charge is 1.93. The van der Waals surface area contributed by atoms with Gasteiger partial charge in [-0.05, 0) is 18.4 Å². The molecule has 6 heteroatoms. The van der Waals surface area contributed by atoms with Crippen LogP contribution in [0.25, 0.3) is 10.8 Å². The molecule has 0 saturated heterocycles. The molecule has 1 heterocycles. The van der Waals surface area contributed by atoms with E-state index in [0.29, 0.717) is 0 Å². The predicted molar refractivity (Wildman–Crippen MR) is 60.7 cm³/mol. The van der Waals surface area contributed by atoms with Gasteiger partial charge in [-0.1, -0.05) is 24.3 Å². The van der Waals surface area contributed by atoms with Gasteiger partial charge in [0.1, 0.15) is 0 Å². The molecule has 0 bridgehead atoms. The third-order valence-electron chi connectivity index (χ3n) is 1.87. The Morgan fingerprint density at radius 2 is 1.69 bits per heavy atom. The van der Waals surface area contributed by atoms with Crippen molar-refractivity contribution in [2.45, 2.75) is 6.92 Å². The predicted octanol–water partition coefficient (Wildman–Crippen LogP) is 1.89. The third kappa shape index (κ3) is 4.35. The van der Waals surface area contributed by atoms with Crippen molar-refractivity contribution in [3.63, 3.8) is 0 Å². The Morgan fingerprint density at radius 1 is 1.12 bits per heavy atom. The molecule has 2 aromatic rings. The lowest BCUT2D eigenvalue weighted by atomic mass is 10.1. The number of nitrogens with zero attached hydrogens (tertiary/aromatic N) is 1. The Kier molecular flexibility index (Phi) is 3.94. The van der Waals surface area contributed by atoms with Crippen LogP contribution in [0.3, 0.4) is 0 Å². The summed E-state index contributed by atoms with van der Waals surface area (Å²) in [6.45, 7) is 2.03. The summed E-state index contributed by atoms with van der Waals surface area (Å²) >= 11 is 0. The molecule has 5 nitrogen and oxygen atoms in total. The van der Waals surface area contributed by atoms with Crippen molar-refractivity contribution in [2.24, 2.45) is 0 Å². The molecule has 1 aromatic carbocycles. The first-order chi connectivity index (χ1) is 7.38. The average molecular weight is 241 g/mol. The van der Waals surface area contributed by atoms with E-state index in [0.717, 1.165) is 5.69 Å². The van der Waals surface area contributed by atoms with Crippen LogP contribution in [0.5, 0.6) is 0 Å². The van der Waals surface area contributed by atoms with Gasteiger partial charge in [-0.15, -0.1) is 0 Å². The Bertz CT molecular complexity index is 567. The van der Waals surface area contributed by atoms with Gasteiger partial charge in [0.25, 0.3) is 0 Å². The van der Waals surface area contributed by atoms with Gasteiger partial charge in [-0.2, -0.15) is 8.42 Å². The number of rotatable bonds is 0. The van der Waals surface area contributed by atoms with E-state index in [2.05, 4.69) is 17.1 Å². The van der Waals surface area contributed by atoms with E-state index in [1.807, 2.05) is 31.3 Å². The Labute approximate surface area is 93.3 Å². The first-order valence-electron chi connectivity index (χ1n) is 4.38. The molecule has 0 amide bonds. The van der Waals surface area contributed by atoms with E-state index < -0.39 is 10.4 Å². The molecular formula is C10H11NO4S. The van der Waals surface area contributed by atoms with E-state index in [9.17, 15) is 0 Å². The normalized spacial score (nSPS) is 10.7. The van der Waals surface area contributed by atoms with Gasteiger partial charge in [0.05, 0.1) is 0 Å². The summed E-state index contributed by atoms with van der Waals surface area (Å²) in [5.41, 5.74) is 1.10. The molecule has 1 aromatic heterocycles. The van der Waals surface area contributed by atoms with E-state index in [4.69, 9.17) is 17.5 Å². The second-order valence-electron chi connectivity index (χ2n) is 3.07. The van der Waals surface area contributed by atoms with Crippen molar-refractivity contribution < 1.29 is 17.5 Å². The maximum absolute atomic E-state index is 8.74. The minimum absolute atomic E-state index is 1.10. The zero-order valence-electron chi connectivity index (χ0n) is 8.53. The van der Waals surface area contributed by atoms with Gasteiger partial charge in [-0.25, -0.2) is 0 Å². The molecule has 2 N–H and O–H groups in total. The van der Waals surface area contributed by atoms with Gasteiger partial charge >= 0.3 is 10.4 Å². The lowest BCUT2D eigenvalue weighted by Gasteiger charge is -1.97. The SMILES string of the molecule is Cc1nccc2ccccc12.O=S(=O)(O)O. The number of hydrogen-bond donors (Lipinski definition) is 2. The minimum Gasteiger partial charge on any atom is -0.264 e. The summed E-state index contributed by atoms with van der Waals surface area (Å²) in [7, 11) is -4.67. The second-order valence-corrected chi connectivity index (χ2v) is 3.96. The lowest BCUT2D eigenvalue weighted by molar-refractivity contribution is 0.381. The number of hydrogen-bond acceptors (Lipinski definition) is 3. The van der Waals surface area contributed by atoms with Crippen LogP contribution in [-0.2, 0) is 10.4 Å². The number of aromatic nitrogens is 1. The molecule has 2 rings (SSSR count). The fourth-order valence-corrected chi connectivity index (χ4v) is 1.27. The summed E-state index contributed by atoms with van der Waals surface area (Å²) in [6, 6.07) is 10.3. The van der Waals surface area contributed by atoms with E-state index in [-0.39, 0.29) is 0 Å². The molecule has 0 aliphatic carbocycles. The lowest BCUT2D eigenvalue weighted by Crippen LogP contribution is -1.89. The number of aryl methyl sites for hydroxylation is 1. The van der Waals surface area contributed by atoms with Crippen molar-refractivity contribution in [1.29, 1.82) is 0 Å². The Hall–Kier alpha value is -1.50. The molecule has 86 valence electrons. The Balaban J connectivity index is 0.000000221. The summed E-state index contributed by atoms with van der Waals surface area (Å²) in [5, 5.41) is 2.51. The van der Waals surface area contributed by atoms with Crippen molar-refractivity contribution in [3.8, 4) is 0 Å². The van der Waals surface area contributed by atoms with Crippen LogP contribution in [0, 0.1) is 6.92 Å². The largest absolute Gasteiger partial charge is 0.394 e. The fourth-order valence-electron chi connectivity index (χ4n) is 1.27. The summed E-state index contributed by atoms with van der Waals surface area (Å²) in [6.07, 6.45) is 1.84. The number of pyridine rings is 1. The second kappa shape index (κ2) is 5.02. The number of benzene rings is 1. The molecule has 0 fully saturated rings. The zero-order chi connectivity index (χ0) is 12.2. The molecule has 0 saturated carbocycles. The highest BCUT2D eigenvalue weighted by Crippen LogP contribution is 2.14. The average Bonchev–Trinajstić information content (AvgIpc) is 2.16. The van der Waals surface area contributed by atoms with Crippen LogP contribution < -0.4 is 0 Å². The van der Waals surface area contributed by atoms with Crippen LogP contribution in [0.4, 0.5) is 0 Å². The molecule has 0 aliphatic rings. The monoisotopic (exact) mass is 241 g/mol. The van der Waals surface area contributed by atoms with Gasteiger partial charge in [0.2, 0.25) is 0 Å². The van der Waals surface area contributed by atoms with Crippen molar-refractivity contribution in [2.75, 3.05) is 0 Å². The maximum Gasteiger partial charge on any atom is 0.394 e. The molecule has 0 radical (unpaired) electrons. The summed E-state index contributed by atoms with van der Waals surface area (Å²) < 4.78 is 31.6. The molecule has 16 heavy (non-hydrogen) atoms. The van der Waals surface area contributed by atoms with Gasteiger partial charge in [-0.3, -0.25) is 14.1 Å². The zero-order valence-corrected chi connectivity index (χ0v) is 9.35. The van der Waals surface area contributed by atoms with Crippen LogP contribution in [0.2, 0.25) is 0 Å². The first kappa shape index (κ1) is 12.6. The van der Waals surface area contributed by atoms with Crippen LogP contribution in [0.15, 0.2) is 36.5 Å². The van der Waals surface area contributed by atoms with Gasteiger partial charge < -0.3 is 0 Å². The van der Waals surface area contributed by atoms with E-state index in [1.54, 1.807) is 0 Å². The van der Waals surface area contributed by atoms with Crippen molar-refractivity contribution in [1.82, 2.24) is 4.98 Å². The standard InChI is InChI=1S/C10H9N.H2O4S/c1-8-10-5-3-2-4-9(10)6-7-11-8;1-5(2,3)4/h2-7H,1H3;(H2,1,2,3,4). The highest BCUT2D eigenvalue weighted by atomic mass is 32.3. The Morgan fingerprint density at radius 3 is 2.25 bits per heavy atom. The molecular weight excluding hydrogens is 230 g/mol.